The van der Waals surface area contributed by atoms with Gasteiger partial charge in [-0.3, -0.25) is 0 Å². The minimum atomic E-state index is 0.153. The molecule has 2 atom stereocenters. The first kappa shape index (κ1) is 15.0. The quantitative estimate of drug-likeness (QED) is 0.808. The highest BCUT2D eigenvalue weighted by Crippen LogP contribution is 2.30. The van der Waals surface area contributed by atoms with E-state index in [9.17, 15) is 0 Å². The number of likely N-dealkylation sites (N-methyl/N-ethyl adjacent to an activating group) is 1. The van der Waals surface area contributed by atoms with Crippen molar-refractivity contribution in [1.82, 2.24) is 5.32 Å². The van der Waals surface area contributed by atoms with Crippen LogP contribution >= 0.6 is 0 Å². The Bertz CT molecular complexity index is 362. The molecule has 0 aromatic heterocycles. The van der Waals surface area contributed by atoms with Crippen LogP contribution in [-0.2, 0) is 4.74 Å². The van der Waals surface area contributed by atoms with Gasteiger partial charge in [-0.1, -0.05) is 31.5 Å². The Morgan fingerprint density at radius 1 is 1.22 bits per heavy atom. The minimum absolute atomic E-state index is 0.153. The maximum Gasteiger partial charge on any atom is 0.123 e. The summed E-state index contributed by atoms with van der Waals surface area (Å²) in [6.45, 7) is 7.25. The summed E-state index contributed by atoms with van der Waals surface area (Å²) in [6, 6.07) is 6.43. The molecule has 0 aliphatic heterocycles. The number of hydrogen-bond acceptors (Lipinski definition) is 3. The number of benzene rings is 1. The second-order valence-electron chi connectivity index (χ2n) is 4.46. The Hall–Kier alpha value is -1.06. The van der Waals surface area contributed by atoms with Crippen LogP contribution in [0.4, 0.5) is 0 Å². The molecule has 1 aromatic carbocycles. The molecule has 0 bridgehead atoms. The summed E-state index contributed by atoms with van der Waals surface area (Å²) in [5, 5.41) is 3.50. The van der Waals surface area contributed by atoms with Gasteiger partial charge >= 0.3 is 0 Å². The van der Waals surface area contributed by atoms with Crippen molar-refractivity contribution >= 4 is 0 Å². The summed E-state index contributed by atoms with van der Waals surface area (Å²) in [5.41, 5.74) is 2.41. The van der Waals surface area contributed by atoms with E-state index in [2.05, 4.69) is 38.2 Å². The Kier molecular flexibility index (Phi) is 6.16. The maximum atomic E-state index is 5.59. The highest BCUT2D eigenvalue weighted by Gasteiger charge is 2.23. The zero-order chi connectivity index (χ0) is 13.5. The molecule has 1 N–H and O–H groups in total. The smallest absolute Gasteiger partial charge is 0.123 e. The molecule has 0 spiro atoms. The van der Waals surface area contributed by atoms with Gasteiger partial charge in [-0.25, -0.2) is 0 Å². The van der Waals surface area contributed by atoms with E-state index in [-0.39, 0.29) is 12.1 Å². The van der Waals surface area contributed by atoms with Crippen molar-refractivity contribution < 1.29 is 9.47 Å². The monoisotopic (exact) mass is 251 g/mol. The zero-order valence-corrected chi connectivity index (χ0v) is 12.1. The van der Waals surface area contributed by atoms with E-state index in [0.717, 1.165) is 18.7 Å². The third kappa shape index (κ3) is 3.47. The van der Waals surface area contributed by atoms with Crippen LogP contribution in [0, 0.1) is 6.92 Å². The van der Waals surface area contributed by atoms with Crippen molar-refractivity contribution in [3.05, 3.63) is 29.3 Å². The van der Waals surface area contributed by atoms with Crippen LogP contribution in [0.2, 0.25) is 0 Å². The molecular weight excluding hydrogens is 226 g/mol. The van der Waals surface area contributed by atoms with Gasteiger partial charge in [-0.05, 0) is 26.0 Å². The fourth-order valence-electron chi connectivity index (χ4n) is 2.30. The van der Waals surface area contributed by atoms with Crippen molar-refractivity contribution in [1.29, 1.82) is 0 Å². The summed E-state index contributed by atoms with van der Waals surface area (Å²) in [4.78, 5) is 0. The average molecular weight is 251 g/mol. The van der Waals surface area contributed by atoms with Crippen LogP contribution in [0.15, 0.2) is 18.2 Å². The predicted molar refractivity (Wildman–Crippen MR) is 75.2 cm³/mol. The fraction of sp³-hybridized carbons (Fsp3) is 0.600. The van der Waals surface area contributed by atoms with E-state index in [4.69, 9.17) is 9.47 Å². The summed E-state index contributed by atoms with van der Waals surface area (Å²) < 4.78 is 11.1. The molecule has 2 unspecified atom stereocenters. The molecule has 0 saturated carbocycles. The maximum absolute atomic E-state index is 5.59. The van der Waals surface area contributed by atoms with Crippen LogP contribution < -0.4 is 10.1 Å². The number of nitrogens with one attached hydrogen (secondary N) is 1. The normalized spacial score (nSPS) is 14.3. The number of methoxy groups -OCH3 is 2. The lowest BCUT2D eigenvalue weighted by molar-refractivity contribution is 0.0647. The van der Waals surface area contributed by atoms with Gasteiger partial charge < -0.3 is 14.8 Å². The van der Waals surface area contributed by atoms with Crippen molar-refractivity contribution in [2.75, 3.05) is 20.8 Å². The second kappa shape index (κ2) is 7.39. The van der Waals surface area contributed by atoms with Gasteiger partial charge in [0, 0.05) is 12.7 Å². The molecule has 102 valence electrons. The highest BCUT2D eigenvalue weighted by molar-refractivity contribution is 5.39. The summed E-state index contributed by atoms with van der Waals surface area (Å²) >= 11 is 0. The largest absolute Gasteiger partial charge is 0.496 e. The third-order valence-electron chi connectivity index (χ3n) is 3.22. The molecule has 18 heavy (non-hydrogen) atoms. The zero-order valence-electron chi connectivity index (χ0n) is 12.1. The van der Waals surface area contributed by atoms with Crippen molar-refractivity contribution in [3.8, 4) is 5.75 Å². The van der Waals surface area contributed by atoms with E-state index < -0.39 is 0 Å². The van der Waals surface area contributed by atoms with Crippen LogP contribution in [0.25, 0.3) is 0 Å². The molecule has 0 radical (unpaired) electrons. The number of hydrogen-bond donors (Lipinski definition) is 1. The van der Waals surface area contributed by atoms with Gasteiger partial charge in [0.2, 0.25) is 0 Å². The first-order chi connectivity index (χ1) is 8.67. The van der Waals surface area contributed by atoms with Crippen LogP contribution in [0.3, 0.4) is 0 Å². The lowest BCUT2D eigenvalue weighted by atomic mass is 9.97. The van der Waals surface area contributed by atoms with Crippen LogP contribution in [0.5, 0.6) is 5.75 Å². The highest BCUT2D eigenvalue weighted by atomic mass is 16.5. The summed E-state index contributed by atoms with van der Waals surface area (Å²) in [7, 11) is 3.48. The van der Waals surface area contributed by atoms with Crippen LogP contribution in [-0.4, -0.2) is 26.9 Å². The summed E-state index contributed by atoms with van der Waals surface area (Å²) in [6.07, 6.45) is 1.12. The van der Waals surface area contributed by atoms with E-state index in [1.807, 2.05) is 6.07 Å². The van der Waals surface area contributed by atoms with Gasteiger partial charge in [-0.2, -0.15) is 0 Å². The molecule has 0 heterocycles. The number of ether oxygens (including phenoxy) is 2. The topological polar surface area (TPSA) is 30.5 Å². The number of rotatable bonds is 7. The van der Waals surface area contributed by atoms with Crippen molar-refractivity contribution in [2.45, 2.75) is 39.3 Å². The fourth-order valence-corrected chi connectivity index (χ4v) is 2.30. The second-order valence-corrected chi connectivity index (χ2v) is 4.46. The lowest BCUT2D eigenvalue weighted by Gasteiger charge is -2.28. The van der Waals surface area contributed by atoms with Gasteiger partial charge in [-0.15, -0.1) is 0 Å². The third-order valence-corrected chi connectivity index (χ3v) is 3.22. The summed E-state index contributed by atoms with van der Waals surface area (Å²) in [5.74, 6) is 0.919. The van der Waals surface area contributed by atoms with Crippen LogP contribution in [0.1, 0.15) is 37.4 Å². The Morgan fingerprint density at radius 2 is 1.94 bits per heavy atom. The standard InChI is InChI=1S/C15H25NO2/c1-6-13(17-4)15(16-7-2)12-10-11(3)8-9-14(12)18-5/h8-10,13,15-16H,6-7H2,1-5H3. The molecule has 0 aliphatic rings. The molecule has 0 aliphatic carbocycles. The van der Waals surface area contributed by atoms with E-state index >= 15 is 0 Å². The van der Waals surface area contributed by atoms with Gasteiger partial charge in [0.1, 0.15) is 5.75 Å². The molecule has 1 aromatic rings. The van der Waals surface area contributed by atoms with Gasteiger partial charge in [0.25, 0.3) is 0 Å². The first-order valence-corrected chi connectivity index (χ1v) is 6.58. The molecule has 3 heteroatoms. The Labute approximate surface area is 110 Å². The molecular formula is C15H25NO2. The van der Waals surface area contributed by atoms with Crippen molar-refractivity contribution in [3.63, 3.8) is 0 Å². The Balaban J connectivity index is 3.14. The number of aryl methyl sites for hydroxylation is 1. The van der Waals surface area contributed by atoms with Gasteiger partial charge in [0.15, 0.2) is 0 Å². The van der Waals surface area contributed by atoms with E-state index in [0.29, 0.717) is 0 Å². The first-order valence-electron chi connectivity index (χ1n) is 6.58. The average Bonchev–Trinajstić information content (AvgIpc) is 2.39. The predicted octanol–water partition coefficient (Wildman–Crippen LogP) is 3.08. The minimum Gasteiger partial charge on any atom is -0.496 e. The van der Waals surface area contributed by atoms with Crippen molar-refractivity contribution in [2.24, 2.45) is 0 Å². The molecule has 1 rings (SSSR count). The lowest BCUT2D eigenvalue weighted by Crippen LogP contribution is -2.33. The molecule has 0 fully saturated rings. The molecule has 0 saturated heterocycles. The Morgan fingerprint density at radius 3 is 2.44 bits per heavy atom. The van der Waals surface area contributed by atoms with E-state index in [1.54, 1.807) is 14.2 Å². The SMILES string of the molecule is CCNC(c1cc(C)ccc1OC)C(CC)OC. The molecule has 3 nitrogen and oxygen atoms in total. The van der Waals surface area contributed by atoms with Gasteiger partial charge in [0.05, 0.1) is 19.3 Å². The molecule has 0 amide bonds. The van der Waals surface area contributed by atoms with E-state index in [1.165, 1.54) is 11.1 Å².